The second kappa shape index (κ2) is 13.1. The van der Waals surface area contributed by atoms with Crippen LogP contribution in [0, 0.1) is 0 Å². The van der Waals surface area contributed by atoms with Gasteiger partial charge in [0.25, 0.3) is 0 Å². The predicted molar refractivity (Wildman–Crippen MR) is 104 cm³/mol. The molecule has 0 aliphatic carbocycles. The predicted octanol–water partition coefficient (Wildman–Crippen LogP) is 2.99. The number of hydrogen-bond acceptors (Lipinski definition) is 3. The van der Waals surface area contributed by atoms with Crippen molar-refractivity contribution in [3.05, 3.63) is 30.3 Å². The zero-order valence-electron chi connectivity index (χ0n) is 13.0. The van der Waals surface area contributed by atoms with Gasteiger partial charge in [-0.15, -0.1) is 24.0 Å². The van der Waals surface area contributed by atoms with Crippen molar-refractivity contribution in [3.8, 4) is 5.75 Å². The van der Waals surface area contributed by atoms with Gasteiger partial charge in [0.2, 0.25) is 0 Å². The number of aliphatic imine (C=N–C) groups is 1. The maximum atomic E-state index is 5.80. The van der Waals surface area contributed by atoms with Crippen LogP contribution in [0.4, 0.5) is 0 Å². The van der Waals surface area contributed by atoms with Crippen LogP contribution in [0.15, 0.2) is 35.3 Å². The van der Waals surface area contributed by atoms with Crippen LogP contribution in [-0.4, -0.2) is 43.7 Å². The highest BCUT2D eigenvalue weighted by atomic mass is 127. The van der Waals surface area contributed by atoms with E-state index in [4.69, 9.17) is 4.74 Å². The summed E-state index contributed by atoms with van der Waals surface area (Å²) in [5.74, 6) is 2.81. The number of guanidine groups is 1. The summed E-state index contributed by atoms with van der Waals surface area (Å²) >= 11 is 1.82. The van der Waals surface area contributed by atoms with Gasteiger partial charge < -0.3 is 15.4 Å². The van der Waals surface area contributed by atoms with E-state index < -0.39 is 0 Å². The van der Waals surface area contributed by atoms with Gasteiger partial charge in [-0.25, -0.2) is 4.99 Å². The molecule has 1 unspecified atom stereocenters. The van der Waals surface area contributed by atoms with E-state index in [9.17, 15) is 0 Å². The van der Waals surface area contributed by atoms with Crippen molar-refractivity contribution in [2.75, 3.05) is 31.6 Å². The molecule has 0 saturated carbocycles. The molecule has 6 heteroatoms. The lowest BCUT2D eigenvalue weighted by atomic mass is 10.3. The molecule has 0 fully saturated rings. The third-order valence-electron chi connectivity index (χ3n) is 2.53. The third-order valence-corrected chi connectivity index (χ3v) is 3.14. The fourth-order valence-corrected chi connectivity index (χ4v) is 1.91. The normalized spacial score (nSPS) is 12.2. The number of para-hydroxylation sites is 1. The van der Waals surface area contributed by atoms with E-state index in [2.05, 4.69) is 28.8 Å². The number of nitrogens with one attached hydrogen (secondary N) is 2. The van der Waals surface area contributed by atoms with E-state index in [0.717, 1.165) is 30.6 Å². The van der Waals surface area contributed by atoms with E-state index in [1.54, 1.807) is 0 Å². The van der Waals surface area contributed by atoms with Crippen LogP contribution in [0.5, 0.6) is 5.75 Å². The first-order valence-electron chi connectivity index (χ1n) is 6.99. The van der Waals surface area contributed by atoms with E-state index in [-0.39, 0.29) is 30.1 Å². The van der Waals surface area contributed by atoms with Crippen LogP contribution < -0.4 is 15.4 Å². The van der Waals surface area contributed by atoms with Crippen LogP contribution in [0.2, 0.25) is 0 Å². The summed E-state index contributed by atoms with van der Waals surface area (Å²) in [7, 11) is 0. The molecule has 0 heterocycles. The second-order valence-electron chi connectivity index (χ2n) is 4.38. The largest absolute Gasteiger partial charge is 0.489 e. The number of thioether (sulfide) groups is 1. The van der Waals surface area contributed by atoms with Crippen molar-refractivity contribution in [2.45, 2.75) is 20.0 Å². The number of ether oxygens (including phenoxy) is 1. The van der Waals surface area contributed by atoms with Crippen LogP contribution >= 0.6 is 35.7 Å². The maximum Gasteiger partial charge on any atom is 0.191 e. The van der Waals surface area contributed by atoms with Crippen molar-refractivity contribution in [2.24, 2.45) is 4.99 Å². The summed E-state index contributed by atoms with van der Waals surface area (Å²) in [5, 5.41) is 6.54. The summed E-state index contributed by atoms with van der Waals surface area (Å²) in [6, 6.07) is 9.84. The Kier molecular flexibility index (Phi) is 12.7. The van der Waals surface area contributed by atoms with Gasteiger partial charge in [0.1, 0.15) is 11.9 Å². The minimum atomic E-state index is 0. The lowest BCUT2D eigenvalue weighted by molar-refractivity contribution is 0.230. The van der Waals surface area contributed by atoms with Crippen molar-refractivity contribution < 1.29 is 4.74 Å². The molecule has 0 bridgehead atoms. The quantitative estimate of drug-likeness (QED) is 0.292. The fourth-order valence-electron chi connectivity index (χ4n) is 1.60. The molecule has 1 aromatic carbocycles. The molecule has 4 nitrogen and oxygen atoms in total. The Bertz CT molecular complexity index is 390. The lowest BCUT2D eigenvalue weighted by Gasteiger charge is -2.15. The summed E-state index contributed by atoms with van der Waals surface area (Å²) in [5.41, 5.74) is 0. The Morgan fingerprint density at radius 1 is 1.29 bits per heavy atom. The highest BCUT2D eigenvalue weighted by Crippen LogP contribution is 2.10. The van der Waals surface area contributed by atoms with Gasteiger partial charge in [-0.1, -0.05) is 18.2 Å². The van der Waals surface area contributed by atoms with Gasteiger partial charge in [-0.3, -0.25) is 0 Å². The molecule has 0 aromatic heterocycles. The smallest absolute Gasteiger partial charge is 0.191 e. The van der Waals surface area contributed by atoms with Crippen molar-refractivity contribution in [3.63, 3.8) is 0 Å². The third kappa shape index (κ3) is 9.84. The number of hydrogen-bond donors (Lipinski definition) is 2. The number of rotatable bonds is 8. The molecular formula is C15H26IN3OS. The molecule has 0 aliphatic rings. The first-order valence-corrected chi connectivity index (χ1v) is 8.38. The van der Waals surface area contributed by atoms with Gasteiger partial charge in [0, 0.05) is 18.8 Å². The molecule has 1 aromatic rings. The second-order valence-corrected chi connectivity index (χ2v) is 5.37. The lowest BCUT2D eigenvalue weighted by Crippen LogP contribution is -2.39. The van der Waals surface area contributed by atoms with E-state index >= 15 is 0 Å². The Hall–Kier alpha value is -0.630. The van der Waals surface area contributed by atoms with Crippen molar-refractivity contribution >= 4 is 41.7 Å². The highest BCUT2D eigenvalue weighted by Gasteiger charge is 2.04. The van der Waals surface area contributed by atoms with Crippen molar-refractivity contribution in [1.29, 1.82) is 0 Å². The van der Waals surface area contributed by atoms with Crippen LogP contribution in [0.1, 0.15) is 13.8 Å². The van der Waals surface area contributed by atoms with Gasteiger partial charge in [-0.05, 0) is 32.2 Å². The Morgan fingerprint density at radius 3 is 2.62 bits per heavy atom. The van der Waals surface area contributed by atoms with Gasteiger partial charge in [0.15, 0.2) is 5.96 Å². The first-order chi connectivity index (χ1) is 9.76. The monoisotopic (exact) mass is 423 g/mol. The molecule has 120 valence electrons. The molecule has 1 atom stereocenters. The average molecular weight is 423 g/mol. The standard InChI is InChI=1S/C15H25N3OS.HI/c1-4-16-15(17-10-11-20-3)18-12-13(2)19-14-8-6-5-7-9-14;/h5-9,13H,4,10-12H2,1-3H3,(H2,16,17,18);1H. The van der Waals surface area contributed by atoms with Crippen LogP contribution in [0.25, 0.3) is 0 Å². The molecule has 0 aliphatic heterocycles. The topological polar surface area (TPSA) is 45.7 Å². The molecule has 0 spiro atoms. The van der Waals surface area contributed by atoms with Crippen LogP contribution in [-0.2, 0) is 0 Å². The zero-order chi connectivity index (χ0) is 14.6. The average Bonchev–Trinajstić information content (AvgIpc) is 2.46. The zero-order valence-corrected chi connectivity index (χ0v) is 16.1. The molecule has 21 heavy (non-hydrogen) atoms. The van der Waals surface area contributed by atoms with E-state index in [1.165, 1.54) is 0 Å². The minimum absolute atomic E-state index is 0. The van der Waals surface area contributed by atoms with Gasteiger partial charge in [-0.2, -0.15) is 11.8 Å². The molecular weight excluding hydrogens is 397 g/mol. The fraction of sp³-hybridized carbons (Fsp3) is 0.533. The molecule has 0 amide bonds. The Labute approximate surface area is 149 Å². The summed E-state index contributed by atoms with van der Waals surface area (Å²) < 4.78 is 5.80. The summed E-state index contributed by atoms with van der Waals surface area (Å²) in [4.78, 5) is 4.54. The van der Waals surface area contributed by atoms with Crippen molar-refractivity contribution in [1.82, 2.24) is 10.6 Å². The van der Waals surface area contributed by atoms with E-state index in [1.807, 2.05) is 49.0 Å². The molecule has 2 N–H and O–H groups in total. The molecule has 0 radical (unpaired) electrons. The summed E-state index contributed by atoms with van der Waals surface area (Å²) in [6.45, 7) is 6.50. The molecule has 0 saturated heterocycles. The highest BCUT2D eigenvalue weighted by molar-refractivity contribution is 14.0. The molecule has 1 rings (SSSR count). The van der Waals surface area contributed by atoms with Gasteiger partial charge in [0.05, 0.1) is 6.54 Å². The SMILES string of the molecule is CCNC(=NCC(C)Oc1ccccc1)NCCSC.I. The summed E-state index contributed by atoms with van der Waals surface area (Å²) in [6.07, 6.45) is 2.15. The van der Waals surface area contributed by atoms with E-state index in [0.29, 0.717) is 6.54 Å². The Morgan fingerprint density at radius 2 is 2.00 bits per heavy atom. The first kappa shape index (κ1) is 20.4. The number of benzene rings is 1. The maximum absolute atomic E-state index is 5.80. The number of nitrogens with zero attached hydrogens (tertiary/aromatic N) is 1. The van der Waals surface area contributed by atoms with Gasteiger partial charge >= 0.3 is 0 Å². The van der Waals surface area contributed by atoms with Crippen LogP contribution in [0.3, 0.4) is 0 Å². The Balaban J connectivity index is 0.00000400. The number of halogens is 1. The minimum Gasteiger partial charge on any atom is -0.489 e.